The number of nitrogens with one attached hydrogen (secondary N) is 1. The van der Waals surface area contributed by atoms with E-state index in [-0.39, 0.29) is 11.4 Å². The number of alkyl halides is 1. The number of aromatic nitrogens is 3. The topological polar surface area (TPSA) is 93.5 Å². The van der Waals surface area contributed by atoms with Crippen molar-refractivity contribution in [2.24, 2.45) is 0 Å². The van der Waals surface area contributed by atoms with Crippen LogP contribution in [0.1, 0.15) is 5.56 Å². The first kappa shape index (κ1) is 24.8. The Labute approximate surface area is 214 Å². The van der Waals surface area contributed by atoms with Crippen molar-refractivity contribution >= 4 is 28.1 Å². The number of benzene rings is 2. The zero-order valence-corrected chi connectivity index (χ0v) is 21.7. The van der Waals surface area contributed by atoms with E-state index in [1.54, 1.807) is 19.2 Å². The molecule has 2 heterocycles. The van der Waals surface area contributed by atoms with Crippen LogP contribution in [0.2, 0.25) is 5.02 Å². The van der Waals surface area contributed by atoms with Crippen LogP contribution >= 0.6 is 22.9 Å². The third-order valence-corrected chi connectivity index (χ3v) is 7.78. The summed E-state index contributed by atoms with van der Waals surface area (Å²) in [6, 6.07) is 12.3. The molecule has 0 saturated heterocycles. The molecule has 0 aliphatic heterocycles. The Hall–Kier alpha value is -2.32. The fourth-order valence-corrected chi connectivity index (χ4v) is 5.78. The van der Waals surface area contributed by atoms with Gasteiger partial charge in [-0.1, -0.05) is 0 Å². The van der Waals surface area contributed by atoms with Crippen LogP contribution in [0.15, 0.2) is 57.2 Å². The first-order valence-electron chi connectivity index (χ1n) is 10.0. The van der Waals surface area contributed by atoms with Gasteiger partial charge in [0.15, 0.2) is 0 Å². The quantitative estimate of drug-likeness (QED) is 0.118. The van der Waals surface area contributed by atoms with E-state index in [9.17, 15) is 9.18 Å². The van der Waals surface area contributed by atoms with Crippen LogP contribution in [0.4, 0.5) is 9.52 Å². The molecule has 0 atom stereocenters. The molecule has 8 nitrogen and oxygen atoms in total. The van der Waals surface area contributed by atoms with E-state index < -0.39 is 33.2 Å². The second kappa shape index (κ2) is 11.9. The number of ether oxygens (including phenoxy) is 1. The summed E-state index contributed by atoms with van der Waals surface area (Å²) < 4.78 is 30.7. The van der Waals surface area contributed by atoms with Gasteiger partial charge in [-0.2, -0.15) is 0 Å². The van der Waals surface area contributed by atoms with Crippen LogP contribution in [0.3, 0.4) is 0 Å². The summed E-state index contributed by atoms with van der Waals surface area (Å²) in [5.74, 6) is -1.19. The molecule has 0 spiro atoms. The monoisotopic (exact) mass is 617 g/mol. The van der Waals surface area contributed by atoms with Gasteiger partial charge in [0.1, 0.15) is 0 Å². The van der Waals surface area contributed by atoms with Gasteiger partial charge in [-0.15, -0.1) is 0 Å². The predicted molar refractivity (Wildman–Crippen MR) is 124 cm³/mol. The molecule has 0 saturated carbocycles. The Morgan fingerprint density at radius 2 is 2.06 bits per heavy atom. The average Bonchev–Trinajstić information content (AvgIpc) is 3.48. The molecule has 4 rings (SSSR count). The van der Waals surface area contributed by atoms with E-state index in [0.717, 1.165) is 22.0 Å². The van der Waals surface area contributed by atoms with Crippen LogP contribution in [-0.4, -0.2) is 40.0 Å². The van der Waals surface area contributed by atoms with E-state index >= 15 is 0 Å². The number of aromatic amines is 1. The minimum atomic E-state index is -0.734. The Morgan fingerprint density at radius 1 is 1.24 bits per heavy atom. The molecule has 34 heavy (non-hydrogen) atoms. The van der Waals surface area contributed by atoms with Crippen LogP contribution < -0.4 is 32.3 Å². The first-order valence-corrected chi connectivity index (χ1v) is 13.7. The molecule has 0 radical (unpaired) electrons. The number of hydrogen-bond donors (Lipinski definition) is 1. The van der Waals surface area contributed by atoms with Crippen LogP contribution in [-0.2, 0) is 14.3 Å². The Bertz CT molecular complexity index is 1280. The van der Waals surface area contributed by atoms with Gasteiger partial charge in [0.25, 0.3) is 0 Å². The number of H-pyrrole nitrogens is 1. The number of methoxy groups -OCH3 is 1. The number of nitrogens with zero attached hydrogens (tertiary/aromatic N) is 3. The SMILES string of the molecule is COCCO[I-]CN(Cc1ccc(-c2noc(=O)[nH]2)c(F)c1)c1nc(-c2ccc(Cl)cc2)cs1. The fraction of sp³-hybridized carbons (Fsp3) is 0.227. The molecule has 2 aromatic heterocycles. The Morgan fingerprint density at radius 3 is 2.76 bits per heavy atom. The van der Waals surface area contributed by atoms with Crippen molar-refractivity contribution in [3.05, 3.63) is 74.8 Å². The van der Waals surface area contributed by atoms with E-state index in [4.69, 9.17) is 24.4 Å². The Balaban J connectivity index is 1.53. The second-order valence-corrected chi connectivity index (χ2v) is 10.2. The number of halogens is 3. The molecule has 0 aliphatic rings. The Kier molecular flexibility index (Phi) is 8.67. The van der Waals surface area contributed by atoms with Crippen molar-refractivity contribution < 1.29 is 38.3 Å². The van der Waals surface area contributed by atoms with Crippen molar-refractivity contribution in [2.75, 3.05) is 29.8 Å². The van der Waals surface area contributed by atoms with E-state index in [1.165, 1.54) is 17.4 Å². The standard InChI is InChI=1S/C22H20ClFIN4O4S/c1-31-8-9-32-25-13-29(21-26-19(12-34-21)15-3-5-16(23)6-4-15)11-14-2-7-17(18(24)10-14)20-27-22(30)33-28-20/h2-7,10,12H,8-9,11,13H2,1H3,(H,27,28,30)/q-1. The summed E-state index contributed by atoms with van der Waals surface area (Å²) >= 11 is 6.90. The molecule has 4 aromatic rings. The van der Waals surface area contributed by atoms with Crippen LogP contribution in [0.25, 0.3) is 22.6 Å². The van der Waals surface area contributed by atoms with Gasteiger partial charge < -0.3 is 0 Å². The predicted octanol–water partition coefficient (Wildman–Crippen LogP) is 1.58. The number of thiazole rings is 1. The van der Waals surface area contributed by atoms with Gasteiger partial charge in [0.2, 0.25) is 0 Å². The average molecular weight is 618 g/mol. The van der Waals surface area contributed by atoms with Gasteiger partial charge in [0, 0.05) is 0 Å². The molecule has 2 aromatic carbocycles. The van der Waals surface area contributed by atoms with Crippen molar-refractivity contribution in [3.8, 4) is 22.6 Å². The zero-order valence-electron chi connectivity index (χ0n) is 18.0. The second-order valence-electron chi connectivity index (χ2n) is 7.01. The summed E-state index contributed by atoms with van der Waals surface area (Å²) in [5.41, 5.74) is 2.72. The summed E-state index contributed by atoms with van der Waals surface area (Å²) in [5, 5.41) is 7.02. The molecule has 180 valence electrons. The summed E-state index contributed by atoms with van der Waals surface area (Å²) in [7, 11) is 1.63. The van der Waals surface area contributed by atoms with Gasteiger partial charge >= 0.3 is 215 Å². The number of rotatable bonds is 11. The normalized spacial score (nSPS) is 11.3. The summed E-state index contributed by atoms with van der Waals surface area (Å²) in [6.45, 7) is 1.51. The molecule has 0 bridgehead atoms. The third-order valence-electron chi connectivity index (χ3n) is 4.64. The molecule has 0 fully saturated rings. The molecule has 1 N–H and O–H groups in total. The van der Waals surface area contributed by atoms with Gasteiger partial charge in [-0.3, -0.25) is 0 Å². The number of hydrogen-bond acceptors (Lipinski definition) is 8. The molecule has 0 aliphatic carbocycles. The van der Waals surface area contributed by atoms with Crippen LogP contribution in [0.5, 0.6) is 0 Å². The fourth-order valence-electron chi connectivity index (χ4n) is 3.00. The maximum atomic E-state index is 14.8. The van der Waals surface area contributed by atoms with E-state index in [1.807, 2.05) is 29.6 Å². The van der Waals surface area contributed by atoms with E-state index in [0.29, 0.717) is 29.3 Å². The first-order chi connectivity index (χ1) is 16.5. The third kappa shape index (κ3) is 6.42. The number of anilines is 1. The van der Waals surface area contributed by atoms with Gasteiger partial charge in [-0.05, 0) is 0 Å². The summed E-state index contributed by atoms with van der Waals surface area (Å²) in [4.78, 5) is 20.4. The van der Waals surface area contributed by atoms with Crippen LogP contribution in [0, 0.1) is 5.82 Å². The van der Waals surface area contributed by atoms with Gasteiger partial charge in [0.05, 0.1) is 0 Å². The zero-order chi connectivity index (χ0) is 23.9. The molecular formula is C22H20ClFIN4O4S-. The van der Waals surface area contributed by atoms with Crippen molar-refractivity contribution in [2.45, 2.75) is 6.54 Å². The van der Waals surface area contributed by atoms with Crippen molar-refractivity contribution in [3.63, 3.8) is 0 Å². The minimum absolute atomic E-state index is 0.0517. The van der Waals surface area contributed by atoms with Crippen molar-refractivity contribution in [1.82, 2.24) is 15.1 Å². The summed E-state index contributed by atoms with van der Waals surface area (Å²) in [6.07, 6.45) is 0. The molecular weight excluding hydrogens is 598 g/mol. The molecule has 0 amide bonds. The van der Waals surface area contributed by atoms with Gasteiger partial charge in [-0.25, -0.2) is 0 Å². The maximum absolute atomic E-state index is 14.8. The van der Waals surface area contributed by atoms with E-state index in [2.05, 4.69) is 19.6 Å². The molecule has 0 unspecified atom stereocenters. The van der Waals surface area contributed by atoms with Crippen molar-refractivity contribution in [1.29, 1.82) is 0 Å². The molecule has 12 heteroatoms.